The molecule has 0 amide bonds. The Labute approximate surface area is 85.8 Å². The molecule has 0 aromatic carbocycles. The molecule has 0 saturated heterocycles. The quantitative estimate of drug-likeness (QED) is 0.534. The van der Waals surface area contributed by atoms with Gasteiger partial charge in [-0.15, -0.1) is 0 Å². The minimum Gasteiger partial charge on any atom is -0.389 e. The molecule has 5 N–H and O–H groups in total. The summed E-state index contributed by atoms with van der Waals surface area (Å²) in [5.41, 5.74) is 6.85. The minimum atomic E-state index is -1.10. The lowest BCUT2D eigenvalue weighted by Gasteiger charge is -2.14. The molecule has 6 nitrogen and oxygen atoms in total. The van der Waals surface area contributed by atoms with E-state index in [0.717, 1.165) is 0 Å². The Morgan fingerprint density at radius 1 is 1.47 bits per heavy atom. The molecule has 15 heavy (non-hydrogen) atoms. The number of nitrogens with zero attached hydrogens (tertiary/aromatic N) is 2. The highest BCUT2D eigenvalue weighted by Crippen LogP contribution is 2.15. The van der Waals surface area contributed by atoms with E-state index in [-0.39, 0.29) is 6.54 Å². The van der Waals surface area contributed by atoms with Crippen molar-refractivity contribution in [3.63, 3.8) is 0 Å². The molecule has 0 bridgehead atoms. The molecule has 0 aliphatic carbocycles. The standard InChI is InChI=1S/C9H12N4O2/c10-3-7(14)8(15)6-4-12-9-5(13-6)1-2-11-9/h1-2,4,7-8,14-15H,3,10H2,(H,11,12). The van der Waals surface area contributed by atoms with Crippen molar-refractivity contribution < 1.29 is 10.2 Å². The van der Waals surface area contributed by atoms with Gasteiger partial charge in [-0.05, 0) is 6.07 Å². The summed E-state index contributed by atoms with van der Waals surface area (Å²) < 4.78 is 0. The third-order valence-corrected chi connectivity index (χ3v) is 2.19. The number of nitrogens with one attached hydrogen (secondary N) is 1. The number of aromatic nitrogens is 3. The monoisotopic (exact) mass is 208 g/mol. The fourth-order valence-corrected chi connectivity index (χ4v) is 1.31. The zero-order chi connectivity index (χ0) is 10.8. The van der Waals surface area contributed by atoms with Crippen LogP contribution in [0.25, 0.3) is 11.2 Å². The normalized spacial score (nSPS) is 15.4. The number of hydrogen-bond donors (Lipinski definition) is 4. The zero-order valence-corrected chi connectivity index (χ0v) is 7.96. The molecule has 0 fully saturated rings. The van der Waals surface area contributed by atoms with Crippen LogP contribution in [0.3, 0.4) is 0 Å². The largest absolute Gasteiger partial charge is 0.389 e. The van der Waals surface area contributed by atoms with Crippen molar-refractivity contribution in [1.82, 2.24) is 15.0 Å². The highest BCUT2D eigenvalue weighted by atomic mass is 16.3. The molecule has 2 rings (SSSR count). The topological polar surface area (TPSA) is 108 Å². The summed E-state index contributed by atoms with van der Waals surface area (Å²) >= 11 is 0. The van der Waals surface area contributed by atoms with E-state index < -0.39 is 12.2 Å². The van der Waals surface area contributed by atoms with Gasteiger partial charge >= 0.3 is 0 Å². The average molecular weight is 208 g/mol. The maximum absolute atomic E-state index is 9.64. The lowest BCUT2D eigenvalue weighted by atomic mass is 10.1. The number of aromatic amines is 1. The summed E-state index contributed by atoms with van der Waals surface area (Å²) in [6.07, 6.45) is 1.01. The second-order valence-electron chi connectivity index (χ2n) is 3.25. The van der Waals surface area contributed by atoms with Crippen molar-refractivity contribution in [1.29, 1.82) is 0 Å². The van der Waals surface area contributed by atoms with Gasteiger partial charge in [-0.1, -0.05) is 0 Å². The molecule has 80 valence electrons. The van der Waals surface area contributed by atoms with Crippen molar-refractivity contribution in [3.8, 4) is 0 Å². The first-order chi connectivity index (χ1) is 7.22. The van der Waals surface area contributed by atoms with Crippen LogP contribution < -0.4 is 5.73 Å². The van der Waals surface area contributed by atoms with Gasteiger partial charge in [-0.3, -0.25) is 0 Å². The fraction of sp³-hybridized carbons (Fsp3) is 0.333. The Kier molecular flexibility index (Phi) is 2.63. The van der Waals surface area contributed by atoms with Crippen LogP contribution in [0.5, 0.6) is 0 Å². The van der Waals surface area contributed by atoms with E-state index in [4.69, 9.17) is 5.73 Å². The van der Waals surface area contributed by atoms with Gasteiger partial charge in [0.05, 0.1) is 18.0 Å². The highest BCUT2D eigenvalue weighted by molar-refractivity contribution is 5.69. The Balaban J connectivity index is 2.35. The molecular weight excluding hydrogens is 196 g/mol. The molecule has 2 unspecified atom stereocenters. The molecule has 0 aliphatic heterocycles. The van der Waals surface area contributed by atoms with Crippen LogP contribution >= 0.6 is 0 Å². The number of fused-ring (bicyclic) bond motifs is 1. The van der Waals surface area contributed by atoms with E-state index >= 15 is 0 Å². The van der Waals surface area contributed by atoms with Gasteiger partial charge < -0.3 is 20.9 Å². The van der Waals surface area contributed by atoms with Gasteiger partial charge in [0.25, 0.3) is 0 Å². The number of nitrogens with two attached hydrogens (primary N) is 1. The molecule has 0 spiro atoms. The summed E-state index contributed by atoms with van der Waals surface area (Å²) in [6, 6.07) is 1.74. The smallest absolute Gasteiger partial charge is 0.156 e. The molecule has 0 saturated carbocycles. The first-order valence-corrected chi connectivity index (χ1v) is 4.58. The van der Waals surface area contributed by atoms with Crippen molar-refractivity contribution in [3.05, 3.63) is 24.2 Å². The Morgan fingerprint density at radius 3 is 3.00 bits per heavy atom. The fourth-order valence-electron chi connectivity index (χ4n) is 1.31. The minimum absolute atomic E-state index is 0.0198. The van der Waals surface area contributed by atoms with Gasteiger partial charge in [0.1, 0.15) is 11.6 Å². The number of aliphatic hydroxyl groups excluding tert-OH is 2. The molecular formula is C9H12N4O2. The average Bonchev–Trinajstić information content (AvgIpc) is 2.73. The maximum Gasteiger partial charge on any atom is 0.156 e. The first-order valence-electron chi connectivity index (χ1n) is 4.58. The van der Waals surface area contributed by atoms with Crippen molar-refractivity contribution in [2.24, 2.45) is 5.73 Å². The summed E-state index contributed by atoms with van der Waals surface area (Å²) in [5, 5.41) is 19.0. The van der Waals surface area contributed by atoms with E-state index in [0.29, 0.717) is 16.9 Å². The van der Waals surface area contributed by atoms with Crippen LogP contribution in [0.1, 0.15) is 11.8 Å². The van der Waals surface area contributed by atoms with E-state index in [1.165, 1.54) is 6.20 Å². The second-order valence-corrected chi connectivity index (χ2v) is 3.25. The lowest BCUT2D eigenvalue weighted by molar-refractivity contribution is 0.0217. The predicted molar refractivity (Wildman–Crippen MR) is 53.9 cm³/mol. The zero-order valence-electron chi connectivity index (χ0n) is 7.96. The lowest BCUT2D eigenvalue weighted by Crippen LogP contribution is -2.27. The third-order valence-electron chi connectivity index (χ3n) is 2.19. The van der Waals surface area contributed by atoms with Gasteiger partial charge in [0, 0.05) is 12.7 Å². The second kappa shape index (κ2) is 3.93. The van der Waals surface area contributed by atoms with E-state index in [9.17, 15) is 10.2 Å². The van der Waals surface area contributed by atoms with Crippen LogP contribution in [0.2, 0.25) is 0 Å². The van der Waals surface area contributed by atoms with Crippen LogP contribution in [-0.2, 0) is 0 Å². The third kappa shape index (κ3) is 1.82. The van der Waals surface area contributed by atoms with E-state index in [2.05, 4.69) is 15.0 Å². The summed E-state index contributed by atoms with van der Waals surface area (Å²) in [7, 11) is 0. The predicted octanol–water partition coefficient (Wildman–Crippen LogP) is -0.689. The van der Waals surface area contributed by atoms with Crippen molar-refractivity contribution in [2.45, 2.75) is 12.2 Å². The van der Waals surface area contributed by atoms with Crippen LogP contribution in [0.15, 0.2) is 18.5 Å². The summed E-state index contributed by atoms with van der Waals surface area (Å²) in [4.78, 5) is 11.1. The molecule has 2 aromatic heterocycles. The van der Waals surface area contributed by atoms with Crippen LogP contribution in [0, 0.1) is 0 Å². The molecule has 0 aliphatic rings. The Hall–Kier alpha value is -1.50. The maximum atomic E-state index is 9.64. The van der Waals surface area contributed by atoms with Crippen molar-refractivity contribution in [2.75, 3.05) is 6.54 Å². The van der Waals surface area contributed by atoms with Crippen molar-refractivity contribution >= 4 is 11.2 Å². The molecule has 2 aromatic rings. The van der Waals surface area contributed by atoms with Crippen LogP contribution in [0.4, 0.5) is 0 Å². The van der Waals surface area contributed by atoms with Gasteiger partial charge in [0.2, 0.25) is 0 Å². The summed E-state index contributed by atoms with van der Waals surface area (Å²) in [6.45, 7) is -0.0198. The van der Waals surface area contributed by atoms with Gasteiger partial charge in [-0.25, -0.2) is 9.97 Å². The van der Waals surface area contributed by atoms with E-state index in [1.807, 2.05) is 0 Å². The highest BCUT2D eigenvalue weighted by Gasteiger charge is 2.18. The Bertz CT molecular complexity index is 456. The van der Waals surface area contributed by atoms with Gasteiger partial charge in [-0.2, -0.15) is 0 Å². The molecule has 6 heteroatoms. The SMILES string of the molecule is NCC(O)C(O)c1cnc2[nH]ccc2n1. The summed E-state index contributed by atoms with van der Waals surface area (Å²) in [5.74, 6) is 0. The molecule has 0 radical (unpaired) electrons. The van der Waals surface area contributed by atoms with E-state index in [1.54, 1.807) is 12.3 Å². The number of H-pyrrole nitrogens is 1. The molecule has 2 atom stereocenters. The Morgan fingerprint density at radius 2 is 2.27 bits per heavy atom. The molecule has 2 heterocycles. The van der Waals surface area contributed by atoms with Crippen LogP contribution in [-0.4, -0.2) is 37.8 Å². The van der Waals surface area contributed by atoms with Gasteiger partial charge in [0.15, 0.2) is 5.65 Å². The number of hydrogen-bond acceptors (Lipinski definition) is 5. The number of rotatable bonds is 3. The number of aliphatic hydroxyl groups is 2. The first kappa shape index (κ1) is 10.0.